The van der Waals surface area contributed by atoms with Crippen LogP contribution in [0.1, 0.15) is 72.3 Å². The lowest BCUT2D eigenvalue weighted by Gasteiger charge is -2.14. The number of hydrogen-bond acceptors (Lipinski definition) is 4. The molecular formula is C28H42N2O2S. The molecule has 1 aromatic heterocycles. The predicted octanol–water partition coefficient (Wildman–Crippen LogP) is 7.74. The molecule has 0 bridgehead atoms. The van der Waals surface area contributed by atoms with Crippen LogP contribution in [0, 0.1) is 6.92 Å². The smallest absolute Gasteiger partial charge is 0.327 e. The molecule has 0 radical (unpaired) electrons. The van der Waals surface area contributed by atoms with Crippen LogP contribution in [0.15, 0.2) is 64.9 Å². The Hall–Kier alpha value is -2.27. The van der Waals surface area contributed by atoms with E-state index in [4.69, 9.17) is 0 Å². The van der Waals surface area contributed by atoms with Crippen molar-refractivity contribution in [1.29, 1.82) is 0 Å². The van der Waals surface area contributed by atoms with Crippen LogP contribution in [0.4, 0.5) is 5.82 Å². The minimum absolute atomic E-state index is 0.487. The fraction of sp³-hybridized carbons (Fsp3) is 0.500. The normalized spacial score (nSPS) is 12.8. The fourth-order valence-corrected chi connectivity index (χ4v) is 4.04. The molecule has 1 heterocycles. The summed E-state index contributed by atoms with van der Waals surface area (Å²) in [5.41, 5.74) is 6.61. The van der Waals surface area contributed by atoms with E-state index in [0.717, 1.165) is 43.4 Å². The van der Waals surface area contributed by atoms with Gasteiger partial charge in [-0.15, -0.1) is 0 Å². The number of anilines is 1. The van der Waals surface area contributed by atoms with E-state index in [1.807, 2.05) is 19.1 Å². The van der Waals surface area contributed by atoms with Crippen molar-refractivity contribution in [1.82, 2.24) is 4.98 Å². The molecule has 1 aromatic rings. The van der Waals surface area contributed by atoms with Gasteiger partial charge in [0.05, 0.1) is 0 Å². The maximum absolute atomic E-state index is 11.7. The third-order valence-corrected chi connectivity index (χ3v) is 6.10. The van der Waals surface area contributed by atoms with Gasteiger partial charge in [-0.25, -0.2) is 9.78 Å². The monoisotopic (exact) mass is 470 g/mol. The van der Waals surface area contributed by atoms with Crippen LogP contribution in [0.2, 0.25) is 0 Å². The summed E-state index contributed by atoms with van der Waals surface area (Å²) in [6, 6.07) is 3.09. The number of rotatable bonds is 15. The average Bonchev–Trinajstić information content (AvgIpc) is 2.74. The maximum atomic E-state index is 11.7. The molecule has 0 aliphatic carbocycles. The van der Waals surface area contributed by atoms with E-state index in [9.17, 15) is 9.90 Å². The highest BCUT2D eigenvalue weighted by molar-refractivity contribution is 7.99. The highest BCUT2D eigenvalue weighted by atomic mass is 32.2. The van der Waals surface area contributed by atoms with Crippen LogP contribution in [0.5, 0.6) is 0 Å². The molecule has 0 spiro atoms. The zero-order valence-corrected chi connectivity index (χ0v) is 22.1. The van der Waals surface area contributed by atoms with Gasteiger partial charge in [-0.2, -0.15) is 11.8 Å². The summed E-state index contributed by atoms with van der Waals surface area (Å²) in [5, 5.41) is 12.6. The van der Waals surface area contributed by atoms with E-state index in [-0.39, 0.29) is 0 Å². The summed E-state index contributed by atoms with van der Waals surface area (Å²) in [6.07, 6.45) is 16.2. The van der Waals surface area contributed by atoms with Crippen LogP contribution in [0.25, 0.3) is 0 Å². The second-order valence-electron chi connectivity index (χ2n) is 9.05. The van der Waals surface area contributed by atoms with Crippen molar-refractivity contribution in [3.8, 4) is 0 Å². The summed E-state index contributed by atoms with van der Waals surface area (Å²) in [7, 11) is 0. The molecule has 0 saturated carbocycles. The van der Waals surface area contributed by atoms with E-state index in [1.54, 1.807) is 18.0 Å². The molecule has 1 rings (SSSR count). The first kappa shape index (κ1) is 28.8. The Morgan fingerprint density at radius 3 is 2.33 bits per heavy atom. The van der Waals surface area contributed by atoms with Crippen LogP contribution in [-0.4, -0.2) is 33.6 Å². The number of allylic oxidation sites excluding steroid dienone is 7. The molecule has 0 aromatic carbocycles. The highest BCUT2D eigenvalue weighted by Gasteiger charge is 2.17. The minimum Gasteiger partial charge on any atom is -0.480 e. The lowest BCUT2D eigenvalue weighted by atomic mass is 10.0. The van der Waals surface area contributed by atoms with Gasteiger partial charge in [-0.1, -0.05) is 52.7 Å². The van der Waals surface area contributed by atoms with Gasteiger partial charge in [0, 0.05) is 17.7 Å². The second kappa shape index (κ2) is 16.4. The molecule has 5 heteroatoms. The highest BCUT2D eigenvalue weighted by Crippen LogP contribution is 2.18. The predicted molar refractivity (Wildman–Crippen MR) is 145 cm³/mol. The quantitative estimate of drug-likeness (QED) is 0.203. The molecule has 182 valence electrons. The molecule has 2 N–H and O–H groups in total. The summed E-state index contributed by atoms with van der Waals surface area (Å²) in [5.74, 6) is 1.04. The Labute approximate surface area is 205 Å². The Balaban J connectivity index is 2.60. The van der Waals surface area contributed by atoms with Gasteiger partial charge in [0.25, 0.3) is 0 Å². The number of carboxylic acids is 1. The van der Waals surface area contributed by atoms with Crippen LogP contribution < -0.4 is 5.32 Å². The van der Waals surface area contributed by atoms with Gasteiger partial charge in [0.15, 0.2) is 0 Å². The van der Waals surface area contributed by atoms with Crippen molar-refractivity contribution in [3.05, 3.63) is 70.5 Å². The number of pyridine rings is 1. The van der Waals surface area contributed by atoms with Crippen molar-refractivity contribution < 1.29 is 9.90 Å². The number of nitrogens with zero attached hydrogens (tertiary/aromatic N) is 1. The molecule has 0 saturated heterocycles. The summed E-state index contributed by atoms with van der Waals surface area (Å²) in [4.78, 5) is 15.9. The number of aromatic nitrogens is 1. The lowest BCUT2D eigenvalue weighted by molar-refractivity contribution is -0.137. The van der Waals surface area contributed by atoms with Gasteiger partial charge in [0.2, 0.25) is 0 Å². The largest absolute Gasteiger partial charge is 0.480 e. The van der Waals surface area contributed by atoms with Crippen molar-refractivity contribution in [2.45, 2.75) is 79.7 Å². The fourth-order valence-electron chi connectivity index (χ4n) is 3.09. The summed E-state index contributed by atoms with van der Waals surface area (Å²) < 4.78 is 0. The van der Waals surface area contributed by atoms with Crippen LogP contribution in [-0.2, 0) is 4.79 Å². The first-order valence-electron chi connectivity index (χ1n) is 11.8. The lowest BCUT2D eigenvalue weighted by Crippen LogP contribution is -2.32. The maximum Gasteiger partial charge on any atom is 0.327 e. The Morgan fingerprint density at radius 2 is 1.73 bits per heavy atom. The Morgan fingerprint density at radius 1 is 1.03 bits per heavy atom. The molecule has 0 fully saturated rings. The number of aliphatic carboxylic acids is 1. The molecule has 0 aliphatic rings. The molecule has 0 amide bonds. The average molecular weight is 471 g/mol. The first-order chi connectivity index (χ1) is 15.7. The van der Waals surface area contributed by atoms with Gasteiger partial charge in [-0.05, 0) is 85.3 Å². The Bertz CT molecular complexity index is 843. The van der Waals surface area contributed by atoms with E-state index < -0.39 is 12.0 Å². The third-order valence-electron chi connectivity index (χ3n) is 5.13. The van der Waals surface area contributed by atoms with Gasteiger partial charge in [0.1, 0.15) is 11.9 Å². The van der Waals surface area contributed by atoms with Crippen molar-refractivity contribution in [3.63, 3.8) is 0 Å². The van der Waals surface area contributed by atoms with Crippen molar-refractivity contribution in [2.75, 3.05) is 16.8 Å². The topological polar surface area (TPSA) is 62.2 Å². The number of thioether (sulfide) groups is 1. The number of aryl methyl sites for hydroxylation is 1. The Kier molecular flexibility index (Phi) is 14.3. The SMILES string of the molecule is CC(C)=CCCC(C)=CCCC(=CCSCC(Nc1ccc(C)cn1)C(=O)O)CC=C(C)C. The molecule has 1 atom stereocenters. The molecule has 33 heavy (non-hydrogen) atoms. The van der Waals surface area contributed by atoms with Gasteiger partial charge in [-0.3, -0.25) is 0 Å². The second-order valence-corrected chi connectivity index (χ2v) is 10.1. The van der Waals surface area contributed by atoms with Gasteiger partial charge >= 0.3 is 5.97 Å². The van der Waals surface area contributed by atoms with Crippen LogP contribution >= 0.6 is 11.8 Å². The van der Waals surface area contributed by atoms with Crippen molar-refractivity contribution >= 4 is 23.5 Å². The van der Waals surface area contributed by atoms with Crippen molar-refractivity contribution in [2.24, 2.45) is 0 Å². The molecule has 1 unspecified atom stereocenters. The minimum atomic E-state index is -0.854. The van der Waals surface area contributed by atoms with Crippen LogP contribution in [0.3, 0.4) is 0 Å². The molecule has 0 aliphatic heterocycles. The van der Waals surface area contributed by atoms with E-state index in [2.05, 4.69) is 69.2 Å². The summed E-state index contributed by atoms with van der Waals surface area (Å²) in [6.45, 7) is 12.7. The zero-order valence-electron chi connectivity index (χ0n) is 21.3. The number of nitrogens with one attached hydrogen (secondary N) is 1. The number of carbonyl (C=O) groups is 1. The molecular weight excluding hydrogens is 428 g/mol. The first-order valence-corrected chi connectivity index (χ1v) is 12.9. The number of carboxylic acid groups (broad SMARTS) is 1. The summed E-state index contributed by atoms with van der Waals surface area (Å²) >= 11 is 1.64. The number of hydrogen-bond donors (Lipinski definition) is 2. The third kappa shape index (κ3) is 14.5. The van der Waals surface area contributed by atoms with E-state index in [1.165, 1.54) is 22.3 Å². The molecule has 4 nitrogen and oxygen atoms in total. The standard InChI is InChI=1S/C28H42N2O2S/c1-21(2)9-7-10-23(5)11-8-12-25(15-13-22(3)4)17-18-33-20-26(28(31)32)30-27-16-14-24(6)19-29-27/h9,11,13-14,16-17,19,26H,7-8,10,12,15,18,20H2,1-6H3,(H,29,30)(H,31,32). The zero-order chi connectivity index (χ0) is 24.6. The van der Waals surface area contributed by atoms with Gasteiger partial charge < -0.3 is 10.4 Å². The van der Waals surface area contributed by atoms with E-state index in [0.29, 0.717) is 11.6 Å². The van der Waals surface area contributed by atoms with E-state index >= 15 is 0 Å².